The summed E-state index contributed by atoms with van der Waals surface area (Å²) in [5.74, 6) is -0.584. The molecule has 0 bridgehead atoms. The number of hydrogen-bond acceptors (Lipinski definition) is 6. The SMILES string of the molecule is CCOC(=O)C1CN(C(=O)OCc2ccccc2)CCN1C(=O)OCc1ccccc1. The van der Waals surface area contributed by atoms with Crippen LogP contribution in [0.2, 0.25) is 0 Å². The van der Waals surface area contributed by atoms with Crippen LogP contribution in [0, 0.1) is 0 Å². The zero-order chi connectivity index (χ0) is 22.1. The summed E-state index contributed by atoms with van der Waals surface area (Å²) in [5.41, 5.74) is 1.70. The lowest BCUT2D eigenvalue weighted by atomic mass is 10.2. The van der Waals surface area contributed by atoms with Gasteiger partial charge in [0.2, 0.25) is 0 Å². The summed E-state index contributed by atoms with van der Waals surface area (Å²) >= 11 is 0. The minimum atomic E-state index is -0.957. The number of amides is 2. The Morgan fingerprint density at radius 2 is 1.35 bits per heavy atom. The van der Waals surface area contributed by atoms with Crippen LogP contribution in [-0.4, -0.2) is 60.2 Å². The number of esters is 1. The van der Waals surface area contributed by atoms with Gasteiger partial charge in [-0.25, -0.2) is 14.4 Å². The third kappa shape index (κ3) is 6.21. The van der Waals surface area contributed by atoms with E-state index < -0.39 is 24.2 Å². The normalized spacial score (nSPS) is 15.8. The molecule has 2 aromatic rings. The van der Waals surface area contributed by atoms with E-state index in [1.807, 2.05) is 60.7 Å². The topological polar surface area (TPSA) is 85.4 Å². The van der Waals surface area contributed by atoms with Crippen molar-refractivity contribution in [1.29, 1.82) is 0 Å². The highest BCUT2D eigenvalue weighted by Crippen LogP contribution is 2.16. The van der Waals surface area contributed by atoms with Crippen molar-refractivity contribution in [3.63, 3.8) is 0 Å². The van der Waals surface area contributed by atoms with E-state index in [-0.39, 0.29) is 39.5 Å². The molecule has 0 aromatic heterocycles. The highest BCUT2D eigenvalue weighted by Gasteiger charge is 2.39. The summed E-state index contributed by atoms with van der Waals surface area (Å²) in [6.07, 6.45) is -1.17. The van der Waals surface area contributed by atoms with Gasteiger partial charge in [0, 0.05) is 13.1 Å². The summed E-state index contributed by atoms with van der Waals surface area (Å²) in [4.78, 5) is 40.3. The Morgan fingerprint density at radius 1 is 0.806 bits per heavy atom. The first kappa shape index (κ1) is 22.1. The molecule has 1 heterocycles. The van der Waals surface area contributed by atoms with Gasteiger partial charge in [-0.3, -0.25) is 4.90 Å². The van der Waals surface area contributed by atoms with Crippen molar-refractivity contribution in [2.75, 3.05) is 26.2 Å². The number of carbonyl (C=O) groups is 3. The first-order valence-corrected chi connectivity index (χ1v) is 10.2. The zero-order valence-corrected chi connectivity index (χ0v) is 17.4. The second-order valence-electron chi connectivity index (χ2n) is 6.99. The van der Waals surface area contributed by atoms with Gasteiger partial charge in [0.15, 0.2) is 6.04 Å². The highest BCUT2D eigenvalue weighted by molar-refractivity contribution is 5.83. The standard InChI is InChI=1S/C23H26N2O6/c1-2-29-21(26)20-15-24(22(27)30-16-18-9-5-3-6-10-18)13-14-25(20)23(28)31-17-19-11-7-4-8-12-19/h3-12,20H,2,13-17H2,1H3. The fourth-order valence-corrected chi connectivity index (χ4v) is 3.22. The molecule has 31 heavy (non-hydrogen) atoms. The van der Waals surface area contributed by atoms with Gasteiger partial charge in [-0.05, 0) is 18.1 Å². The largest absolute Gasteiger partial charge is 0.464 e. The molecule has 1 fully saturated rings. The number of carbonyl (C=O) groups excluding carboxylic acids is 3. The van der Waals surface area contributed by atoms with Crippen molar-refractivity contribution in [2.45, 2.75) is 26.2 Å². The van der Waals surface area contributed by atoms with Crippen LogP contribution >= 0.6 is 0 Å². The van der Waals surface area contributed by atoms with Gasteiger partial charge in [-0.15, -0.1) is 0 Å². The number of ether oxygens (including phenoxy) is 3. The fraction of sp³-hybridized carbons (Fsp3) is 0.348. The second-order valence-corrected chi connectivity index (χ2v) is 6.99. The van der Waals surface area contributed by atoms with E-state index >= 15 is 0 Å². The van der Waals surface area contributed by atoms with Gasteiger partial charge in [0.1, 0.15) is 13.2 Å². The quantitative estimate of drug-likeness (QED) is 0.521. The van der Waals surface area contributed by atoms with Crippen LogP contribution in [0.15, 0.2) is 60.7 Å². The molecule has 1 atom stereocenters. The molecule has 1 unspecified atom stereocenters. The van der Waals surface area contributed by atoms with Crippen molar-refractivity contribution in [2.24, 2.45) is 0 Å². The average Bonchev–Trinajstić information content (AvgIpc) is 2.82. The minimum Gasteiger partial charge on any atom is -0.464 e. The van der Waals surface area contributed by atoms with Gasteiger partial charge in [-0.2, -0.15) is 0 Å². The lowest BCUT2D eigenvalue weighted by molar-refractivity contribution is -0.151. The molecule has 1 aliphatic rings. The molecule has 1 saturated heterocycles. The van der Waals surface area contributed by atoms with E-state index in [4.69, 9.17) is 14.2 Å². The van der Waals surface area contributed by atoms with Crippen LogP contribution in [0.25, 0.3) is 0 Å². The molecule has 2 aromatic carbocycles. The number of piperazine rings is 1. The fourth-order valence-electron chi connectivity index (χ4n) is 3.22. The summed E-state index contributed by atoms with van der Waals surface area (Å²) in [6, 6.07) is 17.6. The Bertz CT molecular complexity index is 874. The Labute approximate surface area is 181 Å². The number of hydrogen-bond donors (Lipinski definition) is 0. The smallest absolute Gasteiger partial charge is 0.410 e. The van der Waals surface area contributed by atoms with Gasteiger partial charge in [-0.1, -0.05) is 60.7 Å². The predicted molar refractivity (Wildman–Crippen MR) is 112 cm³/mol. The molecule has 8 nitrogen and oxygen atoms in total. The maximum absolute atomic E-state index is 12.6. The van der Waals surface area contributed by atoms with E-state index in [0.717, 1.165) is 11.1 Å². The van der Waals surface area contributed by atoms with Crippen molar-refractivity contribution in [3.05, 3.63) is 71.8 Å². The highest BCUT2D eigenvalue weighted by atomic mass is 16.6. The average molecular weight is 426 g/mol. The van der Waals surface area contributed by atoms with Crippen LogP contribution in [0.1, 0.15) is 18.1 Å². The second kappa shape index (κ2) is 11.0. The van der Waals surface area contributed by atoms with Crippen LogP contribution in [0.5, 0.6) is 0 Å². The number of rotatable bonds is 6. The van der Waals surface area contributed by atoms with E-state index in [0.29, 0.717) is 0 Å². The van der Waals surface area contributed by atoms with Gasteiger partial charge in [0.25, 0.3) is 0 Å². The molecule has 3 rings (SSSR count). The van der Waals surface area contributed by atoms with Crippen molar-refractivity contribution < 1.29 is 28.6 Å². The van der Waals surface area contributed by atoms with Crippen molar-refractivity contribution in [3.8, 4) is 0 Å². The Hall–Kier alpha value is -3.55. The maximum Gasteiger partial charge on any atom is 0.410 e. The molecular formula is C23H26N2O6. The molecule has 0 aliphatic carbocycles. The van der Waals surface area contributed by atoms with E-state index in [9.17, 15) is 14.4 Å². The lowest BCUT2D eigenvalue weighted by Gasteiger charge is -2.38. The molecule has 1 aliphatic heterocycles. The van der Waals surface area contributed by atoms with E-state index in [1.165, 1.54) is 9.80 Å². The summed E-state index contributed by atoms with van der Waals surface area (Å²) in [7, 11) is 0. The van der Waals surface area contributed by atoms with E-state index in [1.54, 1.807) is 6.92 Å². The third-order valence-electron chi connectivity index (χ3n) is 4.84. The predicted octanol–water partition coefficient (Wildman–Crippen LogP) is 3.21. The van der Waals surface area contributed by atoms with Crippen LogP contribution < -0.4 is 0 Å². The molecule has 0 N–H and O–H groups in total. The summed E-state index contributed by atoms with van der Waals surface area (Å²) < 4.78 is 15.8. The maximum atomic E-state index is 12.6. The molecule has 8 heteroatoms. The van der Waals surface area contributed by atoms with Crippen LogP contribution in [0.4, 0.5) is 9.59 Å². The molecule has 2 amide bonds. The lowest BCUT2D eigenvalue weighted by Crippen LogP contribution is -2.59. The number of nitrogens with zero attached hydrogens (tertiary/aromatic N) is 2. The zero-order valence-electron chi connectivity index (χ0n) is 17.4. The Kier molecular flexibility index (Phi) is 7.86. The summed E-state index contributed by atoms with van der Waals surface area (Å²) in [5, 5.41) is 0. The van der Waals surface area contributed by atoms with E-state index in [2.05, 4.69) is 0 Å². The first-order valence-electron chi connectivity index (χ1n) is 10.2. The Morgan fingerprint density at radius 3 is 1.90 bits per heavy atom. The Balaban J connectivity index is 1.60. The number of benzene rings is 2. The van der Waals surface area contributed by atoms with Gasteiger partial charge in [0.05, 0.1) is 13.2 Å². The first-order chi connectivity index (χ1) is 15.1. The van der Waals surface area contributed by atoms with Gasteiger partial charge < -0.3 is 19.1 Å². The summed E-state index contributed by atoms with van der Waals surface area (Å²) in [6.45, 7) is 2.41. The molecule has 0 saturated carbocycles. The van der Waals surface area contributed by atoms with Crippen LogP contribution in [0.3, 0.4) is 0 Å². The van der Waals surface area contributed by atoms with Gasteiger partial charge >= 0.3 is 18.2 Å². The minimum absolute atomic E-state index is 0.0209. The third-order valence-corrected chi connectivity index (χ3v) is 4.84. The monoisotopic (exact) mass is 426 g/mol. The molecule has 0 spiro atoms. The van der Waals surface area contributed by atoms with Crippen LogP contribution in [-0.2, 0) is 32.2 Å². The molecule has 164 valence electrons. The van der Waals surface area contributed by atoms with Crippen molar-refractivity contribution in [1.82, 2.24) is 9.80 Å². The molecular weight excluding hydrogens is 400 g/mol. The molecule has 0 radical (unpaired) electrons. The van der Waals surface area contributed by atoms with Crippen molar-refractivity contribution >= 4 is 18.2 Å².